The predicted octanol–water partition coefficient (Wildman–Crippen LogP) is 6.51. The van der Waals surface area contributed by atoms with Crippen LogP contribution in [-0.4, -0.2) is 18.9 Å². The van der Waals surface area contributed by atoms with Gasteiger partial charge in [-0.15, -0.1) is 0 Å². The first-order chi connectivity index (χ1) is 16.5. The number of carbonyl (C=O) groups excluding carboxylic acids is 2. The molecule has 3 aromatic carbocycles. The van der Waals surface area contributed by atoms with Crippen LogP contribution in [0, 0.1) is 0 Å². The molecule has 2 N–H and O–H groups in total. The first kappa shape index (κ1) is 22.9. The van der Waals surface area contributed by atoms with Gasteiger partial charge in [0.1, 0.15) is 17.3 Å². The second-order valence-electron chi connectivity index (χ2n) is 7.24. The molecule has 170 valence electrons. The van der Waals surface area contributed by atoms with E-state index in [1.165, 1.54) is 13.2 Å². The molecule has 4 aromatic rings. The smallest absolute Gasteiger partial charge is 0.257 e. The van der Waals surface area contributed by atoms with E-state index in [0.29, 0.717) is 33.5 Å². The molecule has 0 aliphatic carbocycles. The molecule has 34 heavy (non-hydrogen) atoms. The average Bonchev–Trinajstić information content (AvgIpc) is 3.33. The van der Waals surface area contributed by atoms with E-state index >= 15 is 0 Å². The number of ether oxygens (including phenoxy) is 1. The highest BCUT2D eigenvalue weighted by atomic mass is 35.5. The van der Waals surface area contributed by atoms with E-state index in [1.807, 2.05) is 36.4 Å². The third-order valence-corrected chi connectivity index (χ3v) is 5.25. The molecule has 0 fully saturated rings. The van der Waals surface area contributed by atoms with Gasteiger partial charge < -0.3 is 19.8 Å². The fourth-order valence-electron chi connectivity index (χ4n) is 3.25. The molecule has 0 unspecified atom stereocenters. The van der Waals surface area contributed by atoms with E-state index in [0.717, 1.165) is 11.3 Å². The van der Waals surface area contributed by atoms with Crippen molar-refractivity contribution in [2.75, 3.05) is 17.7 Å². The standard InChI is InChI=1S/C27H21ClN2O4/c1-33-25-17-19(11-14-23(25)30-27(32)21-9-5-6-10-22(21)28)29-26(31)16-13-20-12-15-24(34-20)18-7-3-2-4-8-18/h2-17H,1H3,(H,29,31)(H,30,32)/b16-13+. The third-order valence-electron chi connectivity index (χ3n) is 4.92. The predicted molar refractivity (Wildman–Crippen MR) is 134 cm³/mol. The summed E-state index contributed by atoms with van der Waals surface area (Å²) >= 11 is 6.10. The molecule has 0 aliphatic rings. The number of hydrogen-bond acceptors (Lipinski definition) is 4. The summed E-state index contributed by atoms with van der Waals surface area (Å²) in [5.74, 6) is 0.967. The number of rotatable bonds is 7. The van der Waals surface area contributed by atoms with Crippen molar-refractivity contribution in [1.29, 1.82) is 0 Å². The van der Waals surface area contributed by atoms with E-state index in [9.17, 15) is 9.59 Å². The second kappa shape index (κ2) is 10.6. The maximum absolute atomic E-state index is 12.5. The Hall–Kier alpha value is -4.29. The van der Waals surface area contributed by atoms with Crippen molar-refractivity contribution in [1.82, 2.24) is 0 Å². The van der Waals surface area contributed by atoms with Crippen LogP contribution in [-0.2, 0) is 4.79 Å². The van der Waals surface area contributed by atoms with E-state index in [1.54, 1.807) is 54.6 Å². The highest BCUT2D eigenvalue weighted by Crippen LogP contribution is 2.29. The molecule has 0 aliphatic heterocycles. The van der Waals surface area contributed by atoms with E-state index in [-0.39, 0.29) is 11.8 Å². The number of nitrogens with one attached hydrogen (secondary N) is 2. The monoisotopic (exact) mass is 472 g/mol. The van der Waals surface area contributed by atoms with Gasteiger partial charge in [-0.3, -0.25) is 9.59 Å². The lowest BCUT2D eigenvalue weighted by atomic mass is 10.2. The van der Waals surface area contributed by atoms with Gasteiger partial charge in [0.25, 0.3) is 5.91 Å². The van der Waals surface area contributed by atoms with Gasteiger partial charge in [0, 0.05) is 23.4 Å². The zero-order valence-corrected chi connectivity index (χ0v) is 19.0. The van der Waals surface area contributed by atoms with E-state index < -0.39 is 0 Å². The number of anilines is 2. The van der Waals surface area contributed by atoms with Crippen LogP contribution < -0.4 is 15.4 Å². The fourth-order valence-corrected chi connectivity index (χ4v) is 3.47. The highest BCUT2D eigenvalue weighted by Gasteiger charge is 2.13. The third kappa shape index (κ3) is 5.54. The van der Waals surface area contributed by atoms with Crippen LogP contribution in [0.5, 0.6) is 5.75 Å². The average molecular weight is 473 g/mol. The van der Waals surface area contributed by atoms with Crippen LogP contribution in [0.3, 0.4) is 0 Å². The Morgan fingerprint density at radius 3 is 2.44 bits per heavy atom. The van der Waals surface area contributed by atoms with Crippen LogP contribution in [0.4, 0.5) is 11.4 Å². The number of halogens is 1. The summed E-state index contributed by atoms with van der Waals surface area (Å²) in [7, 11) is 1.48. The summed E-state index contributed by atoms with van der Waals surface area (Å²) < 4.78 is 11.1. The SMILES string of the molecule is COc1cc(NC(=O)/C=C/c2ccc(-c3ccccc3)o2)ccc1NC(=O)c1ccccc1Cl. The number of hydrogen-bond donors (Lipinski definition) is 2. The van der Waals surface area contributed by atoms with Gasteiger partial charge in [0.2, 0.25) is 5.91 Å². The number of furan rings is 1. The molecule has 7 heteroatoms. The van der Waals surface area contributed by atoms with Crippen LogP contribution in [0.1, 0.15) is 16.1 Å². The molecular formula is C27H21ClN2O4. The lowest BCUT2D eigenvalue weighted by molar-refractivity contribution is -0.111. The summed E-state index contributed by atoms with van der Waals surface area (Å²) in [6, 6.07) is 25.0. The quantitative estimate of drug-likeness (QED) is 0.300. The van der Waals surface area contributed by atoms with Gasteiger partial charge in [-0.25, -0.2) is 0 Å². The first-order valence-electron chi connectivity index (χ1n) is 10.4. The van der Waals surface area contributed by atoms with E-state index in [2.05, 4.69) is 10.6 Å². The molecule has 4 rings (SSSR count). The normalized spacial score (nSPS) is 10.8. The summed E-state index contributed by atoms with van der Waals surface area (Å²) in [5.41, 5.74) is 2.26. The molecule has 2 amide bonds. The molecule has 0 saturated carbocycles. The molecule has 0 atom stereocenters. The van der Waals surface area contributed by atoms with Crippen LogP contribution >= 0.6 is 11.6 Å². The van der Waals surface area contributed by atoms with Crippen LogP contribution in [0.25, 0.3) is 17.4 Å². The summed E-state index contributed by atoms with van der Waals surface area (Å²) in [4.78, 5) is 24.9. The largest absolute Gasteiger partial charge is 0.494 e. The van der Waals surface area contributed by atoms with Gasteiger partial charge in [-0.1, -0.05) is 54.1 Å². The topological polar surface area (TPSA) is 80.6 Å². The Bertz CT molecular complexity index is 1350. The van der Waals surface area contributed by atoms with Gasteiger partial charge in [-0.05, 0) is 42.5 Å². The van der Waals surface area contributed by atoms with Crippen molar-refractivity contribution in [2.45, 2.75) is 0 Å². The first-order valence-corrected chi connectivity index (χ1v) is 10.8. The molecule has 0 saturated heterocycles. The van der Waals surface area contributed by atoms with Crippen molar-refractivity contribution < 1.29 is 18.7 Å². The second-order valence-corrected chi connectivity index (χ2v) is 7.65. The Balaban J connectivity index is 1.41. The molecule has 1 heterocycles. The summed E-state index contributed by atoms with van der Waals surface area (Å²) in [5, 5.41) is 5.89. The molecule has 6 nitrogen and oxygen atoms in total. The molecule has 1 aromatic heterocycles. The Labute approximate surface area is 201 Å². The highest BCUT2D eigenvalue weighted by molar-refractivity contribution is 6.34. The minimum absolute atomic E-state index is 0.340. The maximum Gasteiger partial charge on any atom is 0.257 e. The zero-order valence-electron chi connectivity index (χ0n) is 18.2. The Morgan fingerprint density at radius 1 is 0.912 bits per heavy atom. The summed E-state index contributed by atoms with van der Waals surface area (Å²) in [6.07, 6.45) is 2.98. The van der Waals surface area contributed by atoms with Gasteiger partial charge in [0.15, 0.2) is 0 Å². The molecular weight excluding hydrogens is 452 g/mol. The number of carbonyl (C=O) groups is 2. The van der Waals surface area contributed by atoms with Crippen molar-refractivity contribution in [2.24, 2.45) is 0 Å². The van der Waals surface area contributed by atoms with Gasteiger partial charge in [-0.2, -0.15) is 0 Å². The van der Waals surface area contributed by atoms with Crippen molar-refractivity contribution in [3.05, 3.63) is 107 Å². The lowest BCUT2D eigenvalue weighted by Crippen LogP contribution is -2.13. The minimum Gasteiger partial charge on any atom is -0.494 e. The zero-order chi connectivity index (χ0) is 23.9. The Morgan fingerprint density at radius 2 is 1.68 bits per heavy atom. The van der Waals surface area contributed by atoms with Crippen LogP contribution in [0.2, 0.25) is 5.02 Å². The lowest BCUT2D eigenvalue weighted by Gasteiger charge is -2.12. The van der Waals surface area contributed by atoms with Gasteiger partial charge >= 0.3 is 0 Å². The van der Waals surface area contributed by atoms with Crippen molar-refractivity contribution in [3.8, 4) is 17.1 Å². The maximum atomic E-state index is 12.5. The molecule has 0 radical (unpaired) electrons. The van der Waals surface area contributed by atoms with Crippen molar-refractivity contribution in [3.63, 3.8) is 0 Å². The number of benzene rings is 3. The molecule has 0 bridgehead atoms. The Kier molecular flexibility index (Phi) is 7.10. The minimum atomic E-state index is -0.364. The van der Waals surface area contributed by atoms with E-state index in [4.69, 9.17) is 20.8 Å². The van der Waals surface area contributed by atoms with Gasteiger partial charge in [0.05, 0.1) is 23.4 Å². The fraction of sp³-hybridized carbons (Fsp3) is 0.0370. The number of amides is 2. The number of methoxy groups -OCH3 is 1. The van der Waals surface area contributed by atoms with Crippen LogP contribution in [0.15, 0.2) is 95.4 Å². The summed E-state index contributed by atoms with van der Waals surface area (Å²) in [6.45, 7) is 0. The van der Waals surface area contributed by atoms with Crippen molar-refractivity contribution >= 4 is 40.9 Å². The molecule has 0 spiro atoms.